The number of amides is 2. The summed E-state index contributed by atoms with van der Waals surface area (Å²) in [6.45, 7) is 5.22. The van der Waals surface area contributed by atoms with Crippen molar-refractivity contribution in [1.82, 2.24) is 14.8 Å². The van der Waals surface area contributed by atoms with Gasteiger partial charge in [-0.2, -0.15) is 0 Å². The van der Waals surface area contributed by atoms with Gasteiger partial charge < -0.3 is 24.3 Å². The number of hydrogen-bond donors (Lipinski definition) is 1. The molecule has 3 aromatic rings. The lowest BCUT2D eigenvalue weighted by Gasteiger charge is -2.27. The van der Waals surface area contributed by atoms with E-state index in [9.17, 15) is 9.59 Å². The lowest BCUT2D eigenvalue weighted by molar-refractivity contribution is -0.139. The quantitative estimate of drug-likeness (QED) is 0.430. The highest BCUT2D eigenvalue weighted by Gasteiger charge is 2.20. The SMILES string of the molecule is CCCCN(CC(=O)N(CCc1c[nH]c2ccccc12)Cc1ccc(OC)c(OC)c1)C(C)=O. The van der Waals surface area contributed by atoms with Crippen LogP contribution in [0.4, 0.5) is 0 Å². The highest BCUT2D eigenvalue weighted by Crippen LogP contribution is 2.28. The molecule has 0 radical (unpaired) electrons. The van der Waals surface area contributed by atoms with E-state index >= 15 is 0 Å². The maximum absolute atomic E-state index is 13.4. The summed E-state index contributed by atoms with van der Waals surface area (Å²) < 4.78 is 10.8. The van der Waals surface area contributed by atoms with Crippen molar-refractivity contribution in [2.24, 2.45) is 0 Å². The Morgan fingerprint density at radius 2 is 1.74 bits per heavy atom. The van der Waals surface area contributed by atoms with Crippen LogP contribution in [-0.2, 0) is 22.6 Å². The second-order valence-electron chi connectivity index (χ2n) is 8.41. The second kappa shape index (κ2) is 12.1. The minimum atomic E-state index is -0.0792. The predicted octanol–water partition coefficient (Wildman–Crippen LogP) is 4.41. The number of H-pyrrole nitrogens is 1. The molecule has 0 atom stereocenters. The molecule has 0 unspecified atom stereocenters. The number of methoxy groups -OCH3 is 2. The van der Waals surface area contributed by atoms with Crippen LogP contribution >= 0.6 is 0 Å². The number of carbonyl (C=O) groups is 2. The van der Waals surface area contributed by atoms with E-state index in [0.717, 1.165) is 34.9 Å². The summed E-state index contributed by atoms with van der Waals surface area (Å²) in [5, 5.41) is 1.16. The van der Waals surface area contributed by atoms with Gasteiger partial charge in [0.1, 0.15) is 0 Å². The summed E-state index contributed by atoms with van der Waals surface area (Å²) in [5.74, 6) is 1.12. The van der Waals surface area contributed by atoms with Gasteiger partial charge >= 0.3 is 0 Å². The molecule has 0 aliphatic heterocycles. The fourth-order valence-electron chi connectivity index (χ4n) is 4.05. The van der Waals surface area contributed by atoms with E-state index in [4.69, 9.17) is 9.47 Å². The fourth-order valence-corrected chi connectivity index (χ4v) is 4.05. The van der Waals surface area contributed by atoms with Gasteiger partial charge in [0, 0.05) is 43.7 Å². The topological polar surface area (TPSA) is 74.9 Å². The van der Waals surface area contributed by atoms with Gasteiger partial charge in [-0.15, -0.1) is 0 Å². The molecule has 0 aliphatic rings. The first-order valence-electron chi connectivity index (χ1n) is 11.8. The number of carbonyl (C=O) groups excluding carboxylic acids is 2. The minimum absolute atomic E-state index is 0.0686. The largest absolute Gasteiger partial charge is 0.493 e. The summed E-state index contributed by atoms with van der Waals surface area (Å²) in [7, 11) is 3.20. The monoisotopic (exact) mass is 465 g/mol. The Morgan fingerprint density at radius 3 is 2.44 bits per heavy atom. The van der Waals surface area contributed by atoms with E-state index < -0.39 is 0 Å². The molecule has 1 N–H and O–H groups in total. The molecule has 7 heteroatoms. The van der Waals surface area contributed by atoms with Crippen molar-refractivity contribution in [3.05, 3.63) is 59.8 Å². The molecule has 34 heavy (non-hydrogen) atoms. The standard InChI is InChI=1S/C27H35N3O4/c1-5-6-14-29(20(2)31)19-27(32)30(18-21-11-12-25(33-3)26(16-21)34-4)15-13-22-17-28-24-10-8-7-9-23(22)24/h7-12,16-17,28H,5-6,13-15,18-19H2,1-4H3. The van der Waals surface area contributed by atoms with Crippen LogP contribution in [0.3, 0.4) is 0 Å². The Bertz CT molecular complexity index is 1110. The van der Waals surface area contributed by atoms with E-state index in [0.29, 0.717) is 37.6 Å². The summed E-state index contributed by atoms with van der Waals surface area (Å²) in [4.78, 5) is 32.3. The molecule has 0 bridgehead atoms. The van der Waals surface area contributed by atoms with Crippen molar-refractivity contribution < 1.29 is 19.1 Å². The van der Waals surface area contributed by atoms with Gasteiger partial charge in [-0.05, 0) is 42.2 Å². The van der Waals surface area contributed by atoms with Crippen molar-refractivity contribution in [2.45, 2.75) is 39.7 Å². The van der Waals surface area contributed by atoms with Crippen molar-refractivity contribution in [2.75, 3.05) is 33.9 Å². The summed E-state index contributed by atoms with van der Waals surface area (Å²) in [6, 6.07) is 13.8. The zero-order chi connectivity index (χ0) is 24.5. The fraction of sp³-hybridized carbons (Fsp3) is 0.407. The van der Waals surface area contributed by atoms with Crippen LogP contribution in [0.25, 0.3) is 10.9 Å². The number of ether oxygens (including phenoxy) is 2. The van der Waals surface area contributed by atoms with E-state index in [1.165, 1.54) is 6.92 Å². The molecule has 0 spiro atoms. The number of rotatable bonds is 12. The maximum Gasteiger partial charge on any atom is 0.242 e. The molecular formula is C27H35N3O4. The van der Waals surface area contributed by atoms with Crippen molar-refractivity contribution in [3.8, 4) is 11.5 Å². The lowest BCUT2D eigenvalue weighted by Crippen LogP contribution is -2.43. The molecule has 1 aromatic heterocycles. The number of benzene rings is 2. The third-order valence-corrected chi connectivity index (χ3v) is 6.05. The molecule has 2 amide bonds. The van der Waals surface area contributed by atoms with Crippen LogP contribution in [0.1, 0.15) is 37.8 Å². The Hall–Kier alpha value is -3.48. The summed E-state index contributed by atoms with van der Waals surface area (Å²) in [6.07, 6.45) is 4.55. The van der Waals surface area contributed by atoms with E-state index in [2.05, 4.69) is 18.0 Å². The van der Waals surface area contributed by atoms with Gasteiger partial charge in [0.2, 0.25) is 11.8 Å². The van der Waals surface area contributed by atoms with Crippen LogP contribution in [0, 0.1) is 0 Å². The predicted molar refractivity (Wildman–Crippen MR) is 134 cm³/mol. The van der Waals surface area contributed by atoms with Crippen LogP contribution < -0.4 is 9.47 Å². The second-order valence-corrected chi connectivity index (χ2v) is 8.41. The van der Waals surface area contributed by atoms with Crippen LogP contribution in [0.2, 0.25) is 0 Å². The molecule has 7 nitrogen and oxygen atoms in total. The van der Waals surface area contributed by atoms with Gasteiger partial charge in [0.15, 0.2) is 11.5 Å². The normalized spacial score (nSPS) is 10.8. The average molecular weight is 466 g/mol. The first kappa shape index (κ1) is 25.1. The zero-order valence-electron chi connectivity index (χ0n) is 20.6. The smallest absolute Gasteiger partial charge is 0.242 e. The molecule has 182 valence electrons. The van der Waals surface area contributed by atoms with Gasteiger partial charge in [0.25, 0.3) is 0 Å². The van der Waals surface area contributed by atoms with Gasteiger partial charge in [0.05, 0.1) is 20.8 Å². The van der Waals surface area contributed by atoms with E-state index in [-0.39, 0.29) is 18.4 Å². The van der Waals surface area contributed by atoms with Crippen LogP contribution in [0.5, 0.6) is 11.5 Å². The number of aromatic nitrogens is 1. The van der Waals surface area contributed by atoms with Gasteiger partial charge in [-0.1, -0.05) is 37.6 Å². The first-order chi connectivity index (χ1) is 16.5. The number of fused-ring (bicyclic) bond motifs is 1. The molecule has 0 aliphatic carbocycles. The van der Waals surface area contributed by atoms with Gasteiger partial charge in [-0.3, -0.25) is 9.59 Å². The van der Waals surface area contributed by atoms with Crippen molar-refractivity contribution in [3.63, 3.8) is 0 Å². The molecule has 2 aromatic carbocycles. The molecule has 0 saturated heterocycles. The van der Waals surface area contributed by atoms with E-state index in [1.807, 2.05) is 47.5 Å². The lowest BCUT2D eigenvalue weighted by atomic mass is 10.1. The molecule has 0 fully saturated rings. The minimum Gasteiger partial charge on any atom is -0.493 e. The number of nitrogens with zero attached hydrogens (tertiary/aromatic N) is 2. The van der Waals surface area contributed by atoms with Crippen molar-refractivity contribution >= 4 is 22.7 Å². The Labute approximate surface area is 201 Å². The van der Waals surface area contributed by atoms with Crippen LogP contribution in [-0.4, -0.2) is 60.5 Å². The summed E-state index contributed by atoms with van der Waals surface area (Å²) in [5.41, 5.74) is 3.18. The molecule has 1 heterocycles. The third kappa shape index (κ3) is 6.31. The number of unbranched alkanes of at least 4 members (excludes halogenated alkanes) is 1. The van der Waals surface area contributed by atoms with Crippen molar-refractivity contribution in [1.29, 1.82) is 0 Å². The Kier molecular flexibility index (Phi) is 8.96. The zero-order valence-corrected chi connectivity index (χ0v) is 20.6. The number of nitrogens with one attached hydrogen (secondary N) is 1. The van der Waals surface area contributed by atoms with Crippen LogP contribution in [0.15, 0.2) is 48.7 Å². The summed E-state index contributed by atoms with van der Waals surface area (Å²) >= 11 is 0. The highest BCUT2D eigenvalue weighted by molar-refractivity contribution is 5.85. The third-order valence-electron chi connectivity index (χ3n) is 6.05. The number of hydrogen-bond acceptors (Lipinski definition) is 4. The Morgan fingerprint density at radius 1 is 0.971 bits per heavy atom. The van der Waals surface area contributed by atoms with E-state index in [1.54, 1.807) is 19.1 Å². The number of para-hydroxylation sites is 1. The first-order valence-corrected chi connectivity index (χ1v) is 11.8. The highest BCUT2D eigenvalue weighted by atomic mass is 16.5. The maximum atomic E-state index is 13.4. The average Bonchev–Trinajstić information content (AvgIpc) is 3.26. The Balaban J connectivity index is 1.81. The van der Waals surface area contributed by atoms with Gasteiger partial charge in [-0.25, -0.2) is 0 Å². The molecule has 3 rings (SSSR count). The number of aromatic amines is 1. The molecular weight excluding hydrogens is 430 g/mol. The molecule has 0 saturated carbocycles.